The third-order valence-corrected chi connectivity index (χ3v) is 3.57. The molecule has 5 heteroatoms. The Hall–Kier alpha value is -3.08. The van der Waals surface area contributed by atoms with Crippen molar-refractivity contribution in [3.05, 3.63) is 60.7 Å². The van der Waals surface area contributed by atoms with E-state index in [1.165, 1.54) is 13.0 Å². The molecule has 25 heavy (non-hydrogen) atoms. The minimum Gasteiger partial charge on any atom is -0.497 e. The first-order chi connectivity index (χ1) is 12.0. The normalized spacial score (nSPS) is 11.9. The standard InChI is InChI=1S/C20H21NO4/c1-4-11-21-20(23)14(2)25-19(22)10-6-15-5-7-17-13-18(24-3)9-8-16(17)12-15/h4-10,12-14H,1,11H2,2-3H3,(H,21,23)/b10-6+/t14-/m1/s1. The van der Waals surface area contributed by atoms with Gasteiger partial charge >= 0.3 is 5.97 Å². The van der Waals surface area contributed by atoms with Crippen molar-refractivity contribution in [2.24, 2.45) is 0 Å². The van der Waals surface area contributed by atoms with Crippen LogP contribution in [-0.4, -0.2) is 31.6 Å². The second-order valence-electron chi connectivity index (χ2n) is 5.42. The monoisotopic (exact) mass is 339 g/mol. The summed E-state index contributed by atoms with van der Waals surface area (Å²) in [6.07, 6.45) is 3.66. The van der Waals surface area contributed by atoms with Gasteiger partial charge in [0.25, 0.3) is 5.91 Å². The van der Waals surface area contributed by atoms with Gasteiger partial charge in [0.05, 0.1) is 7.11 Å². The molecule has 0 heterocycles. The molecule has 0 saturated heterocycles. The second kappa shape index (κ2) is 8.68. The van der Waals surface area contributed by atoms with Gasteiger partial charge in [0.2, 0.25) is 0 Å². The Morgan fingerprint density at radius 1 is 1.20 bits per heavy atom. The third-order valence-electron chi connectivity index (χ3n) is 3.57. The van der Waals surface area contributed by atoms with Crippen LogP contribution in [0.3, 0.4) is 0 Å². The highest BCUT2D eigenvalue weighted by molar-refractivity contribution is 5.92. The molecule has 0 aliphatic rings. The molecule has 1 atom stereocenters. The van der Waals surface area contributed by atoms with Crippen LogP contribution in [-0.2, 0) is 14.3 Å². The van der Waals surface area contributed by atoms with Gasteiger partial charge < -0.3 is 14.8 Å². The first kappa shape index (κ1) is 18.3. The van der Waals surface area contributed by atoms with E-state index < -0.39 is 12.1 Å². The first-order valence-corrected chi connectivity index (χ1v) is 7.88. The molecule has 0 aliphatic heterocycles. The van der Waals surface area contributed by atoms with E-state index in [9.17, 15) is 9.59 Å². The SMILES string of the molecule is C=CCNC(=O)[C@@H](C)OC(=O)/C=C/c1ccc2cc(OC)ccc2c1. The largest absolute Gasteiger partial charge is 0.497 e. The van der Waals surface area contributed by atoms with Gasteiger partial charge in [-0.25, -0.2) is 4.79 Å². The molecule has 2 rings (SSSR count). The van der Waals surface area contributed by atoms with E-state index in [1.807, 2.05) is 36.4 Å². The Morgan fingerprint density at radius 2 is 1.92 bits per heavy atom. The highest BCUT2D eigenvalue weighted by Gasteiger charge is 2.15. The lowest BCUT2D eigenvalue weighted by Crippen LogP contribution is -2.35. The summed E-state index contributed by atoms with van der Waals surface area (Å²) in [6, 6.07) is 11.6. The van der Waals surface area contributed by atoms with Crippen molar-refractivity contribution in [2.45, 2.75) is 13.0 Å². The highest BCUT2D eigenvalue weighted by atomic mass is 16.5. The van der Waals surface area contributed by atoms with Gasteiger partial charge in [-0.15, -0.1) is 6.58 Å². The maximum absolute atomic E-state index is 11.8. The number of carbonyl (C=O) groups excluding carboxylic acids is 2. The van der Waals surface area contributed by atoms with Crippen LogP contribution in [0.15, 0.2) is 55.1 Å². The predicted molar refractivity (Wildman–Crippen MR) is 98.3 cm³/mol. The molecule has 0 saturated carbocycles. The summed E-state index contributed by atoms with van der Waals surface area (Å²) in [5, 5.41) is 4.66. The average Bonchev–Trinajstić information content (AvgIpc) is 2.63. The number of methoxy groups -OCH3 is 1. The van der Waals surface area contributed by atoms with Crippen molar-refractivity contribution in [1.82, 2.24) is 5.32 Å². The lowest BCUT2D eigenvalue weighted by molar-refractivity contribution is -0.150. The van der Waals surface area contributed by atoms with Crippen molar-refractivity contribution in [2.75, 3.05) is 13.7 Å². The van der Waals surface area contributed by atoms with Crippen LogP contribution < -0.4 is 10.1 Å². The van der Waals surface area contributed by atoms with E-state index in [-0.39, 0.29) is 5.91 Å². The fourth-order valence-electron chi connectivity index (χ4n) is 2.22. The molecule has 0 aliphatic carbocycles. The number of hydrogen-bond donors (Lipinski definition) is 1. The number of ether oxygens (including phenoxy) is 2. The molecular formula is C20H21NO4. The number of carbonyl (C=O) groups is 2. The molecule has 2 aromatic rings. The number of fused-ring (bicyclic) bond motifs is 1. The van der Waals surface area contributed by atoms with Crippen LogP contribution in [0.25, 0.3) is 16.8 Å². The summed E-state index contributed by atoms with van der Waals surface area (Å²) in [7, 11) is 1.63. The molecule has 2 aromatic carbocycles. The van der Waals surface area contributed by atoms with Crippen LogP contribution in [0.1, 0.15) is 12.5 Å². The Labute approximate surface area is 146 Å². The van der Waals surface area contributed by atoms with Gasteiger partial charge in [-0.2, -0.15) is 0 Å². The van der Waals surface area contributed by atoms with Crippen LogP contribution >= 0.6 is 0 Å². The van der Waals surface area contributed by atoms with Crippen LogP contribution in [0.2, 0.25) is 0 Å². The van der Waals surface area contributed by atoms with Gasteiger partial charge in [0.15, 0.2) is 6.10 Å². The molecule has 1 amide bonds. The lowest BCUT2D eigenvalue weighted by atomic mass is 10.1. The van der Waals surface area contributed by atoms with E-state index in [2.05, 4.69) is 11.9 Å². The average molecular weight is 339 g/mol. The van der Waals surface area contributed by atoms with Crippen LogP contribution in [0, 0.1) is 0 Å². The molecule has 0 spiro atoms. The summed E-state index contributed by atoms with van der Waals surface area (Å²) in [4.78, 5) is 23.5. The minimum absolute atomic E-state index is 0.332. The summed E-state index contributed by atoms with van der Waals surface area (Å²) in [5.41, 5.74) is 0.860. The molecular weight excluding hydrogens is 318 g/mol. The molecule has 0 aromatic heterocycles. The number of esters is 1. The van der Waals surface area contributed by atoms with E-state index in [0.29, 0.717) is 6.54 Å². The molecule has 0 radical (unpaired) electrons. The molecule has 0 unspecified atom stereocenters. The Balaban J connectivity index is 2.00. The maximum atomic E-state index is 11.8. The summed E-state index contributed by atoms with van der Waals surface area (Å²) >= 11 is 0. The number of benzene rings is 2. The summed E-state index contributed by atoms with van der Waals surface area (Å²) < 4.78 is 10.3. The maximum Gasteiger partial charge on any atom is 0.331 e. The number of nitrogens with one attached hydrogen (secondary N) is 1. The number of hydrogen-bond acceptors (Lipinski definition) is 4. The number of amides is 1. The Bertz CT molecular complexity index is 810. The van der Waals surface area contributed by atoms with E-state index in [4.69, 9.17) is 9.47 Å². The second-order valence-corrected chi connectivity index (χ2v) is 5.42. The minimum atomic E-state index is -0.860. The van der Waals surface area contributed by atoms with Crippen LogP contribution in [0.5, 0.6) is 5.75 Å². The molecule has 5 nitrogen and oxygen atoms in total. The van der Waals surface area contributed by atoms with Crippen molar-refractivity contribution in [3.8, 4) is 5.75 Å². The van der Waals surface area contributed by atoms with Crippen molar-refractivity contribution < 1.29 is 19.1 Å². The van der Waals surface area contributed by atoms with Crippen molar-refractivity contribution in [3.63, 3.8) is 0 Å². The predicted octanol–water partition coefficient (Wildman–Crippen LogP) is 3.10. The van der Waals surface area contributed by atoms with Gasteiger partial charge in [-0.3, -0.25) is 4.79 Å². The fraction of sp³-hybridized carbons (Fsp3) is 0.200. The molecule has 1 N–H and O–H groups in total. The van der Waals surface area contributed by atoms with Crippen LogP contribution in [0.4, 0.5) is 0 Å². The topological polar surface area (TPSA) is 64.6 Å². The van der Waals surface area contributed by atoms with Gasteiger partial charge in [0.1, 0.15) is 5.75 Å². The van der Waals surface area contributed by atoms with Crippen molar-refractivity contribution >= 4 is 28.7 Å². The van der Waals surface area contributed by atoms with E-state index in [1.54, 1.807) is 19.3 Å². The zero-order chi connectivity index (χ0) is 18.2. The Kier molecular flexibility index (Phi) is 6.34. The zero-order valence-electron chi connectivity index (χ0n) is 14.3. The fourth-order valence-corrected chi connectivity index (χ4v) is 2.22. The van der Waals surface area contributed by atoms with E-state index in [0.717, 1.165) is 22.1 Å². The van der Waals surface area contributed by atoms with E-state index >= 15 is 0 Å². The quantitative estimate of drug-likeness (QED) is 0.478. The molecule has 0 fully saturated rings. The third kappa shape index (κ3) is 5.21. The first-order valence-electron chi connectivity index (χ1n) is 7.88. The highest BCUT2D eigenvalue weighted by Crippen LogP contribution is 2.22. The zero-order valence-corrected chi connectivity index (χ0v) is 14.3. The van der Waals surface area contributed by atoms with Crippen molar-refractivity contribution in [1.29, 1.82) is 0 Å². The van der Waals surface area contributed by atoms with Gasteiger partial charge in [-0.05, 0) is 47.5 Å². The van der Waals surface area contributed by atoms with Gasteiger partial charge in [-0.1, -0.05) is 24.3 Å². The molecule has 130 valence electrons. The van der Waals surface area contributed by atoms with Gasteiger partial charge in [0, 0.05) is 12.6 Å². The summed E-state index contributed by atoms with van der Waals surface area (Å²) in [6.45, 7) is 5.36. The summed E-state index contributed by atoms with van der Waals surface area (Å²) in [5.74, 6) is -0.138. The smallest absolute Gasteiger partial charge is 0.331 e. The molecule has 0 bridgehead atoms. The number of rotatable bonds is 7. The lowest BCUT2D eigenvalue weighted by Gasteiger charge is -2.11. The Morgan fingerprint density at radius 3 is 2.64 bits per heavy atom.